The van der Waals surface area contributed by atoms with Crippen LogP contribution in [0.1, 0.15) is 0 Å². The molecule has 0 radical (unpaired) electrons. The monoisotopic (exact) mass is 758 g/mol. The van der Waals surface area contributed by atoms with Crippen molar-refractivity contribution in [2.45, 2.75) is 0 Å². The quantitative estimate of drug-likeness (QED) is 0.164. The number of benzene rings is 8. The van der Waals surface area contributed by atoms with Crippen molar-refractivity contribution in [3.8, 4) is 56.5 Å². The molecule has 0 amide bonds. The highest BCUT2D eigenvalue weighted by atomic mass is 32.1. The average Bonchev–Trinajstić information content (AvgIpc) is 3.87. The maximum absolute atomic E-state index is 6.23. The molecule has 12 aromatic rings. The van der Waals surface area contributed by atoms with E-state index in [0.717, 1.165) is 66.5 Å². The molecule has 0 unspecified atom stereocenters. The molecule has 58 heavy (non-hydrogen) atoms. The first-order valence-corrected chi connectivity index (χ1v) is 20.1. The van der Waals surface area contributed by atoms with Gasteiger partial charge in [-0.2, -0.15) is 0 Å². The van der Waals surface area contributed by atoms with Crippen LogP contribution in [-0.4, -0.2) is 19.9 Å². The van der Waals surface area contributed by atoms with Gasteiger partial charge in [-0.25, -0.2) is 19.9 Å². The number of nitrogens with zero attached hydrogens (tertiary/aromatic N) is 4. The standard InChI is InChI=1S/C52H30N4OS/c1-3-11-32(12-4-1)49-41-27-28-45-48(47(41)39-16-7-9-17-42(39)53-49)40-26-23-35(30-46(40)58-45)31-19-21-34(22-20-31)51-54-50(33-13-5-2-6-14-33)55-52(56-51)36-24-25-38-37-15-8-10-18-43(37)57-44(38)29-36/h1-30H. The van der Waals surface area contributed by atoms with Crippen molar-refractivity contribution in [2.75, 3.05) is 0 Å². The fourth-order valence-electron chi connectivity index (χ4n) is 8.33. The van der Waals surface area contributed by atoms with Gasteiger partial charge in [0.05, 0.1) is 11.2 Å². The first kappa shape index (κ1) is 32.7. The Bertz CT molecular complexity index is 3560. The summed E-state index contributed by atoms with van der Waals surface area (Å²) in [6.45, 7) is 0. The number of rotatable bonds is 5. The molecule has 6 heteroatoms. The van der Waals surface area contributed by atoms with Crippen LogP contribution in [0.15, 0.2) is 186 Å². The highest BCUT2D eigenvalue weighted by molar-refractivity contribution is 7.26. The van der Waals surface area contributed by atoms with Gasteiger partial charge in [0.1, 0.15) is 11.2 Å². The molecule has 270 valence electrons. The first-order valence-electron chi connectivity index (χ1n) is 19.3. The van der Waals surface area contributed by atoms with Crippen molar-refractivity contribution in [3.63, 3.8) is 0 Å². The minimum absolute atomic E-state index is 0.595. The van der Waals surface area contributed by atoms with Crippen LogP contribution < -0.4 is 0 Å². The van der Waals surface area contributed by atoms with E-state index in [1.807, 2.05) is 65.9 Å². The number of para-hydroxylation sites is 2. The second-order valence-electron chi connectivity index (χ2n) is 14.6. The molecule has 0 aliphatic carbocycles. The zero-order chi connectivity index (χ0) is 38.2. The van der Waals surface area contributed by atoms with Crippen LogP contribution in [0.5, 0.6) is 0 Å². The van der Waals surface area contributed by atoms with E-state index in [2.05, 4.69) is 127 Å². The zero-order valence-electron chi connectivity index (χ0n) is 30.9. The molecule has 0 atom stereocenters. The maximum Gasteiger partial charge on any atom is 0.164 e. The van der Waals surface area contributed by atoms with E-state index in [1.165, 1.54) is 36.3 Å². The minimum atomic E-state index is 0.595. The lowest BCUT2D eigenvalue weighted by molar-refractivity contribution is 0.669. The van der Waals surface area contributed by atoms with Crippen molar-refractivity contribution in [1.29, 1.82) is 0 Å². The number of thiophene rings is 1. The Kier molecular flexibility index (Phi) is 7.33. The molecule has 0 spiro atoms. The Labute approximate surface area is 336 Å². The third kappa shape index (κ3) is 5.30. The zero-order valence-corrected chi connectivity index (χ0v) is 31.7. The van der Waals surface area contributed by atoms with Gasteiger partial charge in [-0.1, -0.05) is 146 Å². The molecule has 8 aromatic carbocycles. The van der Waals surface area contributed by atoms with E-state index < -0.39 is 0 Å². The Morgan fingerprint density at radius 3 is 1.69 bits per heavy atom. The minimum Gasteiger partial charge on any atom is -0.456 e. The second-order valence-corrected chi connectivity index (χ2v) is 15.7. The molecule has 4 aromatic heterocycles. The summed E-state index contributed by atoms with van der Waals surface area (Å²) < 4.78 is 8.75. The molecule has 0 fully saturated rings. The molecule has 0 N–H and O–H groups in total. The fraction of sp³-hybridized carbons (Fsp3) is 0. The van der Waals surface area contributed by atoms with Crippen LogP contribution >= 0.6 is 11.3 Å². The Morgan fingerprint density at radius 2 is 0.897 bits per heavy atom. The summed E-state index contributed by atoms with van der Waals surface area (Å²) in [5, 5.41) is 8.31. The van der Waals surface area contributed by atoms with E-state index in [-0.39, 0.29) is 0 Å². The number of hydrogen-bond acceptors (Lipinski definition) is 6. The smallest absolute Gasteiger partial charge is 0.164 e. The molecule has 0 saturated heterocycles. The predicted octanol–water partition coefficient (Wildman–Crippen LogP) is 14.2. The SMILES string of the molecule is c1ccc(-c2nc(-c3ccc(-c4ccc5c(c4)sc4ccc6c(-c7ccccc7)nc7ccccc7c6c45)cc3)nc(-c3ccc4c(c3)oc3ccccc34)n2)cc1. The predicted molar refractivity (Wildman–Crippen MR) is 240 cm³/mol. The van der Waals surface area contributed by atoms with Crippen molar-refractivity contribution >= 4 is 75.1 Å². The van der Waals surface area contributed by atoms with Crippen LogP contribution in [-0.2, 0) is 0 Å². The second kappa shape index (κ2) is 13.0. The normalized spacial score (nSPS) is 11.8. The van der Waals surface area contributed by atoms with Crippen LogP contribution in [0.25, 0.3) is 120 Å². The maximum atomic E-state index is 6.23. The Balaban J connectivity index is 0.950. The highest BCUT2D eigenvalue weighted by Crippen LogP contribution is 2.44. The van der Waals surface area contributed by atoms with Crippen molar-refractivity contribution in [1.82, 2.24) is 19.9 Å². The highest BCUT2D eigenvalue weighted by Gasteiger charge is 2.18. The first-order chi connectivity index (χ1) is 28.7. The molecular formula is C52H30N4OS. The topological polar surface area (TPSA) is 64.7 Å². The number of furan rings is 1. The summed E-state index contributed by atoms with van der Waals surface area (Å²) >= 11 is 1.84. The van der Waals surface area contributed by atoms with E-state index >= 15 is 0 Å². The average molecular weight is 759 g/mol. The van der Waals surface area contributed by atoms with Gasteiger partial charge in [-0.15, -0.1) is 11.3 Å². The number of pyridine rings is 1. The van der Waals surface area contributed by atoms with E-state index in [9.17, 15) is 0 Å². The fourth-order valence-corrected chi connectivity index (χ4v) is 9.48. The summed E-state index contributed by atoms with van der Waals surface area (Å²) in [4.78, 5) is 20.2. The van der Waals surface area contributed by atoms with Crippen molar-refractivity contribution in [3.05, 3.63) is 182 Å². The summed E-state index contributed by atoms with van der Waals surface area (Å²) in [6.07, 6.45) is 0. The number of hydrogen-bond donors (Lipinski definition) is 0. The van der Waals surface area contributed by atoms with E-state index in [4.69, 9.17) is 24.4 Å². The molecule has 0 aliphatic rings. The van der Waals surface area contributed by atoms with Crippen molar-refractivity contribution < 1.29 is 4.42 Å². The van der Waals surface area contributed by atoms with Gasteiger partial charge in [0.15, 0.2) is 17.5 Å². The lowest BCUT2D eigenvalue weighted by atomic mass is 9.95. The lowest BCUT2D eigenvalue weighted by Gasteiger charge is -2.11. The number of fused-ring (bicyclic) bond motifs is 10. The Morgan fingerprint density at radius 1 is 0.328 bits per heavy atom. The molecule has 12 rings (SSSR count). The third-order valence-electron chi connectivity index (χ3n) is 11.1. The Hall–Kier alpha value is -7.54. The van der Waals surface area contributed by atoms with E-state index in [1.54, 1.807) is 0 Å². The van der Waals surface area contributed by atoms with Crippen molar-refractivity contribution in [2.24, 2.45) is 0 Å². The third-order valence-corrected chi connectivity index (χ3v) is 12.2. The van der Waals surface area contributed by atoms with Gasteiger partial charge in [-0.05, 0) is 47.5 Å². The van der Waals surface area contributed by atoms with Crippen LogP contribution in [0, 0.1) is 0 Å². The summed E-state index contributed by atoms with van der Waals surface area (Å²) in [5.74, 6) is 1.83. The molecule has 5 nitrogen and oxygen atoms in total. The number of aromatic nitrogens is 4. The van der Waals surface area contributed by atoms with Crippen LogP contribution in [0.4, 0.5) is 0 Å². The summed E-state index contributed by atoms with van der Waals surface area (Å²) in [7, 11) is 0. The lowest BCUT2D eigenvalue weighted by Crippen LogP contribution is -2.00. The van der Waals surface area contributed by atoms with Crippen LogP contribution in [0.3, 0.4) is 0 Å². The van der Waals surface area contributed by atoms with Gasteiger partial charge in [-0.3, -0.25) is 0 Å². The molecule has 0 bridgehead atoms. The molecule has 4 heterocycles. The van der Waals surface area contributed by atoms with Gasteiger partial charge < -0.3 is 4.42 Å². The van der Waals surface area contributed by atoms with Gasteiger partial charge in [0.2, 0.25) is 0 Å². The molecule has 0 aliphatic heterocycles. The summed E-state index contributed by atoms with van der Waals surface area (Å²) in [5.41, 5.74) is 9.81. The molecule has 0 saturated carbocycles. The van der Waals surface area contributed by atoms with E-state index in [0.29, 0.717) is 17.5 Å². The van der Waals surface area contributed by atoms with Gasteiger partial charge in [0.25, 0.3) is 0 Å². The van der Waals surface area contributed by atoms with Gasteiger partial charge in [0, 0.05) is 69.4 Å². The largest absolute Gasteiger partial charge is 0.456 e. The van der Waals surface area contributed by atoms with Gasteiger partial charge >= 0.3 is 0 Å². The summed E-state index contributed by atoms with van der Waals surface area (Å²) in [6, 6.07) is 63.3. The van der Waals surface area contributed by atoms with Crippen LogP contribution in [0.2, 0.25) is 0 Å². The molecular weight excluding hydrogens is 729 g/mol.